The number of benzene rings is 1. The fraction of sp³-hybridized carbons (Fsp3) is 0.442. The molecule has 3 saturated heterocycles. The van der Waals surface area contributed by atoms with E-state index in [-0.39, 0.29) is 76.5 Å². The van der Waals surface area contributed by atoms with E-state index in [4.69, 9.17) is 17.3 Å². The maximum atomic E-state index is 14.4. The van der Waals surface area contributed by atoms with Gasteiger partial charge in [-0.05, 0) is 50.2 Å². The zero-order valence-electron chi connectivity index (χ0n) is 35.9. The molecule has 0 spiro atoms. The van der Waals surface area contributed by atoms with Crippen molar-refractivity contribution < 1.29 is 46.7 Å². The van der Waals surface area contributed by atoms with E-state index in [9.17, 15) is 42.3 Å². The molecule has 0 aliphatic carbocycles. The van der Waals surface area contributed by atoms with Crippen molar-refractivity contribution >= 4 is 57.9 Å². The van der Waals surface area contributed by atoms with Crippen molar-refractivity contribution in [2.45, 2.75) is 38.4 Å². The molecule has 5 aromatic rings. The number of carbonyl (C=O) groups is 5. The highest BCUT2D eigenvalue weighted by Gasteiger charge is 2.43. The molecule has 0 saturated carbocycles. The van der Waals surface area contributed by atoms with Crippen LogP contribution in [0.1, 0.15) is 53.4 Å². The molecular formula is C43H49ClF3N12O6+. The number of pyridine rings is 1. The summed E-state index contributed by atoms with van der Waals surface area (Å²) in [6.07, 6.45) is 0.228. The van der Waals surface area contributed by atoms with E-state index >= 15 is 0 Å². The van der Waals surface area contributed by atoms with Crippen LogP contribution in [-0.2, 0) is 33.1 Å². The Hall–Kier alpha value is -6.32. The maximum Gasteiger partial charge on any atom is 0.435 e. The Labute approximate surface area is 375 Å². The highest BCUT2D eigenvalue weighted by molar-refractivity contribution is 6.34. The molecule has 1 aromatic carbocycles. The minimum atomic E-state index is -4.89. The summed E-state index contributed by atoms with van der Waals surface area (Å²) >= 11 is 6.58. The van der Waals surface area contributed by atoms with Gasteiger partial charge in [0.2, 0.25) is 11.8 Å². The number of imidazole rings is 1. The second kappa shape index (κ2) is 17.2. The molecule has 0 unspecified atom stereocenters. The Morgan fingerprint density at radius 1 is 1.00 bits per heavy atom. The molecule has 344 valence electrons. The number of carbonyl (C=O) groups excluding carboxylic acids is 4. The SMILES string of the molecule is Cn1c(-c2cn(-c3ccc4c(ccn4C(C)(C)C(N)=O)n3)nc2C(F)(F)F)cnc1C(=O)Nc1ccc(C(=O)N2CCN(C(=O)C3CC[N+](CC(=O)O)(CC4CNC4)CC3)CC2)c(Cl)c1. The Bertz CT molecular complexity index is 2690. The van der Waals surface area contributed by atoms with Crippen LogP contribution in [0.25, 0.3) is 28.1 Å². The molecule has 22 heteroatoms. The van der Waals surface area contributed by atoms with Gasteiger partial charge < -0.3 is 44.9 Å². The third-order valence-electron chi connectivity index (χ3n) is 13.0. The topological polar surface area (TPSA) is 216 Å². The standard InChI is InChI=1S/C43H48ClF3N12O6/c1-42(2,41(48)65)57-11-8-31-32(57)6-7-34(52-31)58-22-29(36(53-58)43(45,46)47)33-21-50-37(54(33)3)38(62)51-27-4-5-28(30(44)18-27)40(64)56-14-12-55(13-15-56)39(63)26-9-16-59(17-10-26,24-35(60)61)23-25-19-49-20-25/h4-8,11,18,21-22,25-26,49H,9-10,12-17,19-20,23-24H2,1-3H3,(H3-,48,51,60,61,62,64,65)/p+1. The molecule has 5 N–H and O–H groups in total. The smallest absolute Gasteiger partial charge is 0.435 e. The van der Waals surface area contributed by atoms with Crippen molar-refractivity contribution in [1.29, 1.82) is 0 Å². The monoisotopic (exact) mass is 921 g/mol. The number of carboxylic acid groups (broad SMARTS) is 1. The number of quaternary nitrogens is 1. The Kier molecular flexibility index (Phi) is 12.0. The Balaban J connectivity index is 0.899. The number of halogens is 4. The van der Waals surface area contributed by atoms with Crippen molar-refractivity contribution in [3.05, 3.63) is 77.1 Å². The lowest BCUT2D eigenvalue weighted by atomic mass is 9.90. The molecule has 0 bridgehead atoms. The van der Waals surface area contributed by atoms with Crippen LogP contribution in [-0.4, -0.2) is 143 Å². The van der Waals surface area contributed by atoms with Gasteiger partial charge in [0.1, 0.15) is 5.54 Å². The van der Waals surface area contributed by atoms with Crippen molar-refractivity contribution in [2.75, 3.05) is 70.8 Å². The van der Waals surface area contributed by atoms with Crippen LogP contribution in [0.4, 0.5) is 18.9 Å². The first kappa shape index (κ1) is 45.3. The Morgan fingerprint density at radius 2 is 1.69 bits per heavy atom. The van der Waals surface area contributed by atoms with Gasteiger partial charge in [0.25, 0.3) is 11.8 Å². The summed E-state index contributed by atoms with van der Waals surface area (Å²) in [6, 6.07) is 9.01. The number of nitrogens with one attached hydrogen (secondary N) is 2. The number of rotatable bonds is 12. The highest BCUT2D eigenvalue weighted by atomic mass is 35.5. The first-order valence-corrected chi connectivity index (χ1v) is 21.6. The number of fused-ring (bicyclic) bond motifs is 1. The van der Waals surface area contributed by atoms with Crippen LogP contribution < -0.4 is 16.4 Å². The molecule has 0 atom stereocenters. The molecule has 3 fully saturated rings. The zero-order valence-corrected chi connectivity index (χ0v) is 36.7. The highest BCUT2D eigenvalue weighted by Crippen LogP contribution is 2.37. The zero-order chi connectivity index (χ0) is 46.6. The van der Waals surface area contributed by atoms with Gasteiger partial charge in [-0.25, -0.2) is 19.4 Å². The number of nitrogens with two attached hydrogens (primary N) is 1. The number of aromatic nitrogens is 6. The quantitative estimate of drug-likeness (QED) is 0.134. The minimum Gasteiger partial charge on any atom is -0.477 e. The van der Waals surface area contributed by atoms with Gasteiger partial charge in [-0.2, -0.15) is 18.3 Å². The summed E-state index contributed by atoms with van der Waals surface area (Å²) in [5.41, 5.74) is 4.15. The van der Waals surface area contributed by atoms with Crippen molar-refractivity contribution in [3.8, 4) is 17.1 Å². The van der Waals surface area contributed by atoms with E-state index in [1.54, 1.807) is 46.5 Å². The fourth-order valence-electron chi connectivity index (χ4n) is 9.09. The number of hydrogen-bond donors (Lipinski definition) is 4. The lowest BCUT2D eigenvalue weighted by Gasteiger charge is -2.46. The second-order valence-corrected chi connectivity index (χ2v) is 18.0. The molecule has 7 heterocycles. The summed E-state index contributed by atoms with van der Waals surface area (Å²) in [4.78, 5) is 76.4. The summed E-state index contributed by atoms with van der Waals surface area (Å²) in [6.45, 7) is 8.42. The summed E-state index contributed by atoms with van der Waals surface area (Å²) in [5.74, 6) is -2.41. The van der Waals surface area contributed by atoms with Crippen LogP contribution in [0.15, 0.2) is 55.0 Å². The number of piperazine rings is 1. The molecule has 3 aliphatic heterocycles. The number of alkyl halides is 3. The minimum absolute atomic E-state index is 0.0238. The van der Waals surface area contributed by atoms with Crippen LogP contribution >= 0.6 is 11.6 Å². The number of carboxylic acids is 1. The Morgan fingerprint density at radius 3 is 2.31 bits per heavy atom. The van der Waals surface area contributed by atoms with E-state index in [1.807, 2.05) is 0 Å². The van der Waals surface area contributed by atoms with E-state index < -0.39 is 35.2 Å². The van der Waals surface area contributed by atoms with Gasteiger partial charge in [0, 0.05) is 89.1 Å². The van der Waals surface area contributed by atoms with Crippen LogP contribution in [0.2, 0.25) is 5.02 Å². The van der Waals surface area contributed by atoms with Gasteiger partial charge in [0.15, 0.2) is 23.9 Å². The van der Waals surface area contributed by atoms with Gasteiger partial charge in [0.05, 0.1) is 58.7 Å². The average Bonchev–Trinajstić information content (AvgIpc) is 3.99. The maximum absolute atomic E-state index is 14.4. The second-order valence-electron chi connectivity index (χ2n) is 17.6. The largest absolute Gasteiger partial charge is 0.477 e. The number of nitrogens with zero attached hydrogens (tertiary/aromatic N) is 9. The van der Waals surface area contributed by atoms with Crippen molar-refractivity contribution in [1.82, 2.24) is 44.0 Å². The summed E-state index contributed by atoms with van der Waals surface area (Å²) < 4.78 is 47.6. The summed E-state index contributed by atoms with van der Waals surface area (Å²) in [7, 11) is 1.39. The first-order chi connectivity index (χ1) is 30.7. The van der Waals surface area contributed by atoms with Gasteiger partial charge in [-0.1, -0.05) is 11.6 Å². The molecule has 0 radical (unpaired) electrons. The lowest BCUT2D eigenvalue weighted by Crippen LogP contribution is -2.62. The molecular weight excluding hydrogens is 873 g/mol. The number of anilines is 1. The van der Waals surface area contributed by atoms with E-state index in [2.05, 4.69) is 25.7 Å². The normalized spacial score (nSPS) is 19.6. The van der Waals surface area contributed by atoms with E-state index in [0.29, 0.717) is 60.5 Å². The average molecular weight is 922 g/mol. The molecule has 18 nitrogen and oxygen atoms in total. The van der Waals surface area contributed by atoms with Gasteiger partial charge >= 0.3 is 12.1 Å². The van der Waals surface area contributed by atoms with Crippen molar-refractivity contribution in [2.24, 2.45) is 24.6 Å². The number of likely N-dealkylation sites (tertiary alicyclic amines) is 1. The first-order valence-electron chi connectivity index (χ1n) is 21.2. The predicted molar refractivity (Wildman–Crippen MR) is 231 cm³/mol. The molecule has 8 rings (SSSR count). The number of amides is 4. The predicted octanol–water partition coefficient (Wildman–Crippen LogP) is 3.58. The number of aliphatic carboxylic acids is 1. The number of hydrogen-bond acceptors (Lipinski definition) is 9. The van der Waals surface area contributed by atoms with Gasteiger partial charge in [-0.15, -0.1) is 0 Å². The van der Waals surface area contributed by atoms with Crippen LogP contribution in [0.3, 0.4) is 0 Å². The molecule has 4 amide bonds. The lowest BCUT2D eigenvalue weighted by molar-refractivity contribution is -0.929. The van der Waals surface area contributed by atoms with E-state index in [0.717, 1.165) is 36.7 Å². The van der Waals surface area contributed by atoms with Crippen LogP contribution in [0.5, 0.6) is 0 Å². The number of primary amides is 1. The van der Waals surface area contributed by atoms with Gasteiger partial charge in [-0.3, -0.25) is 19.2 Å². The van der Waals surface area contributed by atoms with Crippen molar-refractivity contribution in [3.63, 3.8) is 0 Å². The summed E-state index contributed by atoms with van der Waals surface area (Å²) in [5, 5.41) is 19.4. The molecule has 3 aliphatic rings. The third kappa shape index (κ3) is 8.91. The molecule has 4 aromatic heterocycles. The number of piperidine rings is 1. The third-order valence-corrected chi connectivity index (χ3v) is 13.3. The fourth-order valence-corrected chi connectivity index (χ4v) is 9.35. The van der Waals surface area contributed by atoms with Crippen LogP contribution in [0, 0.1) is 11.8 Å². The van der Waals surface area contributed by atoms with E-state index in [1.165, 1.54) is 35.9 Å². The molecule has 65 heavy (non-hydrogen) atoms.